The third-order valence-electron chi connectivity index (χ3n) is 3.24. The van der Waals surface area contributed by atoms with Crippen molar-refractivity contribution >= 4 is 11.5 Å². The number of hydrogen-bond acceptors (Lipinski definition) is 5. The number of nitrogens with one attached hydrogen (secondary N) is 2. The molecule has 98 valence electrons. The van der Waals surface area contributed by atoms with Gasteiger partial charge in [0.1, 0.15) is 5.82 Å². The summed E-state index contributed by atoms with van der Waals surface area (Å²) in [5.74, 6) is 1.15. The summed E-state index contributed by atoms with van der Waals surface area (Å²) >= 11 is 0. The number of nitro groups is 1. The van der Waals surface area contributed by atoms with Gasteiger partial charge in [0.05, 0.1) is 11.0 Å². The predicted molar refractivity (Wildman–Crippen MR) is 69.7 cm³/mol. The smallest absolute Gasteiger partial charge is 0.277 e. The number of rotatable bonds is 4. The number of pyridine rings is 1. The van der Waals surface area contributed by atoms with Crippen molar-refractivity contribution in [2.24, 2.45) is 5.92 Å². The van der Waals surface area contributed by atoms with Gasteiger partial charge in [-0.05, 0) is 38.8 Å². The van der Waals surface area contributed by atoms with Gasteiger partial charge in [0.2, 0.25) is 0 Å². The average molecular weight is 250 g/mol. The van der Waals surface area contributed by atoms with Gasteiger partial charge in [-0.2, -0.15) is 0 Å². The van der Waals surface area contributed by atoms with Crippen LogP contribution in [-0.4, -0.2) is 29.5 Å². The fourth-order valence-electron chi connectivity index (χ4n) is 2.15. The third-order valence-corrected chi connectivity index (χ3v) is 3.24. The van der Waals surface area contributed by atoms with E-state index in [2.05, 4.69) is 15.6 Å². The molecule has 2 N–H and O–H groups in total. The molecule has 0 aromatic carbocycles. The van der Waals surface area contributed by atoms with Gasteiger partial charge in [-0.15, -0.1) is 0 Å². The van der Waals surface area contributed by atoms with Gasteiger partial charge < -0.3 is 10.6 Å². The molecule has 1 aromatic heterocycles. The molecular formula is C12H18N4O2. The van der Waals surface area contributed by atoms with E-state index < -0.39 is 0 Å². The van der Waals surface area contributed by atoms with Gasteiger partial charge in [-0.1, -0.05) is 0 Å². The van der Waals surface area contributed by atoms with E-state index in [1.807, 2.05) is 0 Å². The molecule has 1 aliphatic heterocycles. The van der Waals surface area contributed by atoms with Gasteiger partial charge in [0, 0.05) is 18.3 Å². The Morgan fingerprint density at radius 2 is 2.50 bits per heavy atom. The highest BCUT2D eigenvalue weighted by Gasteiger charge is 2.15. The van der Waals surface area contributed by atoms with Crippen molar-refractivity contribution in [2.45, 2.75) is 19.8 Å². The van der Waals surface area contributed by atoms with Crippen LogP contribution in [0.3, 0.4) is 0 Å². The van der Waals surface area contributed by atoms with Crippen LogP contribution >= 0.6 is 0 Å². The van der Waals surface area contributed by atoms with Crippen LogP contribution in [0.4, 0.5) is 11.5 Å². The Balaban J connectivity index is 1.96. The van der Waals surface area contributed by atoms with E-state index in [9.17, 15) is 10.1 Å². The lowest BCUT2D eigenvalue weighted by Crippen LogP contribution is -2.33. The van der Waals surface area contributed by atoms with Crippen molar-refractivity contribution in [3.05, 3.63) is 27.9 Å². The summed E-state index contributed by atoms with van der Waals surface area (Å²) in [4.78, 5) is 14.6. The van der Waals surface area contributed by atoms with Crippen LogP contribution in [-0.2, 0) is 0 Å². The van der Waals surface area contributed by atoms with Crippen LogP contribution in [0, 0.1) is 23.0 Å². The highest BCUT2D eigenvalue weighted by molar-refractivity contribution is 5.48. The summed E-state index contributed by atoms with van der Waals surface area (Å²) in [7, 11) is 0. The molecule has 0 aliphatic carbocycles. The molecule has 0 radical (unpaired) electrons. The van der Waals surface area contributed by atoms with Crippen LogP contribution in [0.2, 0.25) is 0 Å². The number of aromatic nitrogens is 1. The largest absolute Gasteiger partial charge is 0.370 e. The van der Waals surface area contributed by atoms with Crippen molar-refractivity contribution in [3.8, 4) is 0 Å². The number of piperidine rings is 1. The molecule has 1 aromatic rings. The van der Waals surface area contributed by atoms with Gasteiger partial charge in [-0.3, -0.25) is 10.1 Å². The Morgan fingerprint density at radius 3 is 3.17 bits per heavy atom. The molecule has 0 spiro atoms. The van der Waals surface area contributed by atoms with E-state index in [4.69, 9.17) is 0 Å². The van der Waals surface area contributed by atoms with Crippen molar-refractivity contribution in [2.75, 3.05) is 25.0 Å². The Morgan fingerprint density at radius 1 is 1.67 bits per heavy atom. The van der Waals surface area contributed by atoms with E-state index in [0.29, 0.717) is 17.3 Å². The molecule has 1 saturated heterocycles. The van der Waals surface area contributed by atoms with E-state index in [1.54, 1.807) is 13.1 Å². The Hall–Kier alpha value is -1.69. The van der Waals surface area contributed by atoms with Crippen LogP contribution in [0.1, 0.15) is 18.4 Å². The zero-order chi connectivity index (χ0) is 13.0. The molecule has 6 nitrogen and oxygen atoms in total. The zero-order valence-corrected chi connectivity index (χ0v) is 10.5. The van der Waals surface area contributed by atoms with E-state index in [-0.39, 0.29) is 10.6 Å². The average Bonchev–Trinajstić information content (AvgIpc) is 2.38. The second-order valence-corrected chi connectivity index (χ2v) is 4.71. The number of anilines is 1. The fourth-order valence-corrected chi connectivity index (χ4v) is 2.15. The second-order valence-electron chi connectivity index (χ2n) is 4.71. The summed E-state index contributed by atoms with van der Waals surface area (Å²) in [5.41, 5.74) is 0.708. The van der Waals surface area contributed by atoms with Crippen LogP contribution < -0.4 is 10.6 Å². The molecule has 0 amide bonds. The minimum absolute atomic E-state index is 0.120. The lowest BCUT2D eigenvalue weighted by molar-refractivity contribution is -0.385. The molecule has 2 heterocycles. The van der Waals surface area contributed by atoms with Crippen molar-refractivity contribution in [1.29, 1.82) is 0 Å². The lowest BCUT2D eigenvalue weighted by Gasteiger charge is -2.23. The van der Waals surface area contributed by atoms with Crippen molar-refractivity contribution in [1.82, 2.24) is 10.3 Å². The summed E-state index contributed by atoms with van der Waals surface area (Å²) in [5, 5.41) is 17.3. The first-order chi connectivity index (χ1) is 8.66. The normalized spacial score (nSPS) is 19.5. The Kier molecular flexibility index (Phi) is 4.09. The molecular weight excluding hydrogens is 232 g/mol. The topological polar surface area (TPSA) is 80.1 Å². The molecule has 1 aliphatic rings. The van der Waals surface area contributed by atoms with Crippen LogP contribution in [0.15, 0.2) is 12.3 Å². The predicted octanol–water partition coefficient (Wildman–Crippen LogP) is 1.71. The van der Waals surface area contributed by atoms with E-state index in [1.165, 1.54) is 18.9 Å². The fraction of sp³-hybridized carbons (Fsp3) is 0.583. The first-order valence-corrected chi connectivity index (χ1v) is 6.22. The standard InChI is InChI=1S/C12H18N4O2/c1-9-6-14-12(5-11(9)16(17)18)15-8-10-3-2-4-13-7-10/h5-6,10,13H,2-4,7-8H2,1H3,(H,14,15). The SMILES string of the molecule is Cc1cnc(NCC2CCCNC2)cc1[N+](=O)[O-]. The molecule has 18 heavy (non-hydrogen) atoms. The van der Waals surface area contributed by atoms with Crippen molar-refractivity contribution < 1.29 is 4.92 Å². The van der Waals surface area contributed by atoms with Gasteiger partial charge in [-0.25, -0.2) is 4.98 Å². The molecule has 6 heteroatoms. The zero-order valence-electron chi connectivity index (χ0n) is 10.5. The third kappa shape index (κ3) is 3.16. The maximum atomic E-state index is 10.8. The molecule has 1 unspecified atom stereocenters. The van der Waals surface area contributed by atoms with Gasteiger partial charge >= 0.3 is 0 Å². The van der Waals surface area contributed by atoms with Crippen LogP contribution in [0.5, 0.6) is 0 Å². The number of aryl methyl sites for hydroxylation is 1. The number of hydrogen-bond donors (Lipinski definition) is 2. The molecule has 0 saturated carbocycles. The summed E-state index contributed by atoms with van der Waals surface area (Å²) in [6.07, 6.45) is 3.92. The minimum atomic E-state index is -0.371. The summed E-state index contributed by atoms with van der Waals surface area (Å²) in [6, 6.07) is 1.51. The lowest BCUT2D eigenvalue weighted by atomic mass is 10.00. The van der Waals surface area contributed by atoms with Gasteiger partial charge in [0.15, 0.2) is 0 Å². The highest BCUT2D eigenvalue weighted by atomic mass is 16.6. The highest BCUT2D eigenvalue weighted by Crippen LogP contribution is 2.20. The summed E-state index contributed by atoms with van der Waals surface area (Å²) in [6.45, 7) is 4.59. The monoisotopic (exact) mass is 250 g/mol. The van der Waals surface area contributed by atoms with E-state index in [0.717, 1.165) is 19.6 Å². The Labute approximate surface area is 106 Å². The quantitative estimate of drug-likeness (QED) is 0.628. The number of nitrogens with zero attached hydrogens (tertiary/aromatic N) is 2. The van der Waals surface area contributed by atoms with Crippen molar-refractivity contribution in [3.63, 3.8) is 0 Å². The first kappa shape index (κ1) is 12.8. The molecule has 0 bridgehead atoms. The van der Waals surface area contributed by atoms with Crippen LogP contribution in [0.25, 0.3) is 0 Å². The molecule has 1 fully saturated rings. The van der Waals surface area contributed by atoms with E-state index >= 15 is 0 Å². The Bertz CT molecular complexity index is 430. The van der Waals surface area contributed by atoms with Gasteiger partial charge in [0.25, 0.3) is 5.69 Å². The first-order valence-electron chi connectivity index (χ1n) is 6.22. The molecule has 2 rings (SSSR count). The summed E-state index contributed by atoms with van der Waals surface area (Å²) < 4.78 is 0. The second kappa shape index (κ2) is 5.77. The minimum Gasteiger partial charge on any atom is -0.370 e. The maximum Gasteiger partial charge on any atom is 0.277 e. The molecule has 1 atom stereocenters. The maximum absolute atomic E-state index is 10.8.